The molecule has 2 aromatic rings. The first-order chi connectivity index (χ1) is 14.3. The molecule has 162 valence electrons. The fourth-order valence-corrected chi connectivity index (χ4v) is 3.12. The molecule has 0 aliphatic carbocycles. The third-order valence-corrected chi connectivity index (χ3v) is 4.91. The van der Waals surface area contributed by atoms with Gasteiger partial charge in [0, 0.05) is 31.8 Å². The average molecular weight is 433 g/mol. The van der Waals surface area contributed by atoms with Gasteiger partial charge >= 0.3 is 0 Å². The van der Waals surface area contributed by atoms with E-state index in [9.17, 15) is 9.59 Å². The first kappa shape index (κ1) is 23.5. The van der Waals surface area contributed by atoms with Crippen LogP contribution in [-0.2, 0) is 6.54 Å². The number of nitrogens with one attached hydrogen (secondary N) is 1. The van der Waals surface area contributed by atoms with Crippen molar-refractivity contribution in [1.29, 1.82) is 0 Å². The lowest BCUT2D eigenvalue weighted by molar-refractivity contribution is 0.0784. The van der Waals surface area contributed by atoms with E-state index in [2.05, 4.69) is 19.2 Å². The van der Waals surface area contributed by atoms with Crippen LogP contribution in [0, 0.1) is 5.92 Å². The van der Waals surface area contributed by atoms with Crippen molar-refractivity contribution in [3.63, 3.8) is 0 Å². The number of halogens is 1. The number of hydrogen-bond acceptors (Lipinski definition) is 4. The zero-order valence-electron chi connectivity index (χ0n) is 18.1. The molecule has 1 N–H and O–H groups in total. The molecule has 2 rings (SSSR count). The predicted molar refractivity (Wildman–Crippen MR) is 119 cm³/mol. The molecule has 7 heteroatoms. The van der Waals surface area contributed by atoms with Gasteiger partial charge in [-0.3, -0.25) is 9.59 Å². The second-order valence-electron chi connectivity index (χ2n) is 7.46. The number of hydrogen-bond donors (Lipinski definition) is 1. The molecule has 0 radical (unpaired) electrons. The molecule has 0 aliphatic heterocycles. The molecule has 0 saturated carbocycles. The van der Waals surface area contributed by atoms with Crippen molar-refractivity contribution >= 4 is 23.4 Å². The first-order valence-corrected chi connectivity index (χ1v) is 10.2. The minimum atomic E-state index is -0.195. The molecule has 0 fully saturated rings. The summed E-state index contributed by atoms with van der Waals surface area (Å²) in [4.78, 5) is 26.1. The highest BCUT2D eigenvalue weighted by Gasteiger charge is 2.19. The highest BCUT2D eigenvalue weighted by Crippen LogP contribution is 2.37. The van der Waals surface area contributed by atoms with E-state index in [0.717, 1.165) is 12.0 Å². The van der Waals surface area contributed by atoms with Crippen LogP contribution >= 0.6 is 11.6 Å². The lowest BCUT2D eigenvalue weighted by atomic mass is 10.1. The Morgan fingerprint density at radius 3 is 2.37 bits per heavy atom. The summed E-state index contributed by atoms with van der Waals surface area (Å²) in [5.74, 6) is 1.04. The van der Waals surface area contributed by atoms with E-state index in [1.54, 1.807) is 43.3 Å². The zero-order chi connectivity index (χ0) is 22.3. The third kappa shape index (κ3) is 6.13. The van der Waals surface area contributed by atoms with Crippen LogP contribution in [0.25, 0.3) is 0 Å². The molecule has 0 aromatic heterocycles. The van der Waals surface area contributed by atoms with Gasteiger partial charge in [0.25, 0.3) is 11.8 Å². The maximum absolute atomic E-state index is 12.9. The van der Waals surface area contributed by atoms with Gasteiger partial charge in [-0.05, 0) is 42.2 Å². The monoisotopic (exact) mass is 432 g/mol. The zero-order valence-corrected chi connectivity index (χ0v) is 18.9. The number of carbonyl (C=O) groups excluding carboxylic acids is 2. The van der Waals surface area contributed by atoms with Crippen molar-refractivity contribution in [2.75, 3.05) is 27.8 Å². The van der Waals surface area contributed by atoms with Crippen LogP contribution in [0.15, 0.2) is 36.4 Å². The minimum absolute atomic E-state index is 0.150. The number of carbonyl (C=O) groups is 2. The Balaban J connectivity index is 2.13. The molecule has 6 nitrogen and oxygen atoms in total. The van der Waals surface area contributed by atoms with Gasteiger partial charge in [-0.15, -0.1) is 0 Å². The molecular weight excluding hydrogens is 404 g/mol. The van der Waals surface area contributed by atoms with Crippen molar-refractivity contribution in [2.24, 2.45) is 5.92 Å². The Kier molecular flexibility index (Phi) is 8.54. The van der Waals surface area contributed by atoms with E-state index in [1.165, 1.54) is 7.11 Å². The molecule has 0 bridgehead atoms. The van der Waals surface area contributed by atoms with Gasteiger partial charge in [0.05, 0.1) is 18.7 Å². The highest BCUT2D eigenvalue weighted by atomic mass is 35.5. The van der Waals surface area contributed by atoms with Gasteiger partial charge in [-0.1, -0.05) is 37.6 Å². The normalized spacial score (nSPS) is 10.6. The topological polar surface area (TPSA) is 67.9 Å². The van der Waals surface area contributed by atoms with Crippen LogP contribution in [0.1, 0.15) is 46.5 Å². The van der Waals surface area contributed by atoms with Gasteiger partial charge in [0.2, 0.25) is 0 Å². The molecule has 30 heavy (non-hydrogen) atoms. The lowest BCUT2D eigenvalue weighted by Crippen LogP contribution is -2.26. The van der Waals surface area contributed by atoms with Crippen LogP contribution in [0.3, 0.4) is 0 Å². The quantitative estimate of drug-likeness (QED) is 0.637. The summed E-state index contributed by atoms with van der Waals surface area (Å²) in [6, 6.07) is 10.4. The number of nitrogens with zero attached hydrogens (tertiary/aromatic N) is 1. The van der Waals surface area contributed by atoms with Gasteiger partial charge in [-0.25, -0.2) is 0 Å². The van der Waals surface area contributed by atoms with Crippen molar-refractivity contribution in [3.8, 4) is 11.5 Å². The Morgan fingerprint density at radius 1 is 1.13 bits per heavy atom. The summed E-state index contributed by atoms with van der Waals surface area (Å²) < 4.78 is 11.2. The number of ether oxygens (including phenoxy) is 2. The van der Waals surface area contributed by atoms with Crippen LogP contribution < -0.4 is 14.8 Å². The molecule has 0 spiro atoms. The maximum Gasteiger partial charge on any atom is 0.254 e. The van der Waals surface area contributed by atoms with E-state index >= 15 is 0 Å². The predicted octanol–water partition coefficient (Wildman–Crippen LogP) is 4.41. The van der Waals surface area contributed by atoms with E-state index < -0.39 is 0 Å². The van der Waals surface area contributed by atoms with Crippen LogP contribution in [0.2, 0.25) is 5.02 Å². The molecule has 0 saturated heterocycles. The van der Waals surface area contributed by atoms with E-state index in [-0.39, 0.29) is 11.8 Å². The summed E-state index contributed by atoms with van der Waals surface area (Å²) in [6.07, 6.45) is 0.890. The van der Waals surface area contributed by atoms with Gasteiger partial charge in [-0.2, -0.15) is 0 Å². The Labute approximate surface area is 183 Å². The van der Waals surface area contributed by atoms with Crippen molar-refractivity contribution in [2.45, 2.75) is 26.8 Å². The van der Waals surface area contributed by atoms with Crippen molar-refractivity contribution in [3.05, 3.63) is 58.1 Å². The Bertz CT molecular complexity index is 882. The van der Waals surface area contributed by atoms with Crippen LogP contribution in [-0.4, -0.2) is 44.5 Å². The number of benzene rings is 2. The van der Waals surface area contributed by atoms with Crippen LogP contribution in [0.5, 0.6) is 11.5 Å². The van der Waals surface area contributed by atoms with E-state index in [4.69, 9.17) is 21.1 Å². The summed E-state index contributed by atoms with van der Waals surface area (Å²) >= 11 is 6.38. The second kappa shape index (κ2) is 10.9. The molecule has 2 aromatic carbocycles. The van der Waals surface area contributed by atoms with Crippen molar-refractivity contribution < 1.29 is 19.1 Å². The Hall–Kier alpha value is -2.73. The molecule has 0 atom stereocenters. The molecule has 2 amide bonds. The summed E-state index contributed by atoms with van der Waals surface area (Å²) in [5, 5.41) is 2.92. The third-order valence-electron chi connectivity index (χ3n) is 4.63. The molecule has 0 aliphatic rings. The van der Waals surface area contributed by atoms with Gasteiger partial charge in [0.15, 0.2) is 11.5 Å². The van der Waals surface area contributed by atoms with Crippen LogP contribution in [0.4, 0.5) is 0 Å². The van der Waals surface area contributed by atoms with Gasteiger partial charge < -0.3 is 19.7 Å². The second-order valence-corrected chi connectivity index (χ2v) is 7.86. The fraction of sp³-hybridized carbons (Fsp3) is 0.391. The number of amides is 2. The van der Waals surface area contributed by atoms with E-state index in [0.29, 0.717) is 46.7 Å². The average Bonchev–Trinajstić information content (AvgIpc) is 2.73. The molecular formula is C23H29ClN2O4. The highest BCUT2D eigenvalue weighted by molar-refractivity contribution is 6.32. The van der Waals surface area contributed by atoms with Crippen molar-refractivity contribution in [1.82, 2.24) is 10.2 Å². The number of methoxy groups -OCH3 is 1. The minimum Gasteiger partial charge on any atom is -0.493 e. The lowest BCUT2D eigenvalue weighted by Gasteiger charge is -2.19. The fourth-order valence-electron chi connectivity index (χ4n) is 2.85. The van der Waals surface area contributed by atoms with Gasteiger partial charge in [0.1, 0.15) is 0 Å². The first-order valence-electron chi connectivity index (χ1n) is 9.83. The molecule has 0 heterocycles. The summed E-state index contributed by atoms with van der Waals surface area (Å²) in [7, 11) is 4.82. The van der Waals surface area contributed by atoms with E-state index in [1.807, 2.05) is 12.1 Å². The standard InChI is InChI=1S/C23H29ClN2O4/c1-15(2)10-11-30-21-19(24)12-18(13-20(21)29-5)23(28)26(4)14-16-6-8-17(9-7-16)22(27)25-3/h6-9,12-13,15H,10-11,14H2,1-5H3,(H,25,27). The maximum atomic E-state index is 12.9. The molecule has 0 unspecified atom stereocenters. The summed E-state index contributed by atoms with van der Waals surface area (Å²) in [6.45, 7) is 5.14. The SMILES string of the molecule is CNC(=O)c1ccc(CN(C)C(=O)c2cc(Cl)c(OCCC(C)C)c(OC)c2)cc1. The smallest absolute Gasteiger partial charge is 0.254 e. The Morgan fingerprint density at radius 2 is 1.80 bits per heavy atom. The summed E-state index contributed by atoms with van der Waals surface area (Å²) in [5.41, 5.74) is 1.89. The largest absolute Gasteiger partial charge is 0.493 e. The number of rotatable bonds is 9.